The van der Waals surface area contributed by atoms with Crippen LogP contribution >= 0.6 is 0 Å². The van der Waals surface area contributed by atoms with Gasteiger partial charge in [-0.3, -0.25) is 19.2 Å². The molecule has 0 aromatic heterocycles. The van der Waals surface area contributed by atoms with Crippen molar-refractivity contribution >= 4 is 23.7 Å². The molecule has 1 aromatic rings. The standard InChI is InChI=1S/C21H27F2N3O6/c1-12(31-2)20(21(30)24-10-18(29)32-3)25-16(27)9-14-7-8-17(28)26(14)11-13-5-4-6-15(22)19(13)23/h4-6,12,14,20H,7-11H2,1-3H3,(H,24,30)(H,25,27)/t12-,14+,20+/m1/s1. The lowest BCUT2D eigenvalue weighted by molar-refractivity contribution is -0.142. The molecule has 3 atom stereocenters. The zero-order valence-electron chi connectivity index (χ0n) is 18.2. The third kappa shape index (κ3) is 6.46. The molecule has 1 aliphatic heterocycles. The van der Waals surface area contributed by atoms with Gasteiger partial charge in [0, 0.05) is 38.1 Å². The van der Waals surface area contributed by atoms with Gasteiger partial charge in [0.15, 0.2) is 11.6 Å². The van der Waals surface area contributed by atoms with Gasteiger partial charge in [0.25, 0.3) is 0 Å². The second kappa shape index (κ2) is 11.5. The van der Waals surface area contributed by atoms with Crippen molar-refractivity contribution in [1.29, 1.82) is 0 Å². The summed E-state index contributed by atoms with van der Waals surface area (Å²) < 4.78 is 37.1. The molecule has 2 N–H and O–H groups in total. The van der Waals surface area contributed by atoms with Gasteiger partial charge in [-0.15, -0.1) is 0 Å². The van der Waals surface area contributed by atoms with Gasteiger partial charge in [-0.05, 0) is 19.4 Å². The number of methoxy groups -OCH3 is 2. The van der Waals surface area contributed by atoms with E-state index in [1.165, 1.54) is 31.3 Å². The molecule has 176 valence electrons. The molecule has 2 rings (SSSR count). The van der Waals surface area contributed by atoms with Crippen molar-refractivity contribution in [2.45, 2.75) is 50.9 Å². The predicted molar refractivity (Wildman–Crippen MR) is 108 cm³/mol. The molecule has 1 aliphatic rings. The van der Waals surface area contributed by atoms with E-state index in [0.29, 0.717) is 6.42 Å². The number of benzene rings is 1. The Morgan fingerprint density at radius 2 is 1.97 bits per heavy atom. The van der Waals surface area contributed by atoms with Crippen LogP contribution in [0.15, 0.2) is 18.2 Å². The Kier molecular flexibility index (Phi) is 9.06. The summed E-state index contributed by atoms with van der Waals surface area (Å²) in [6, 6.07) is 2.07. The number of carbonyl (C=O) groups excluding carboxylic acids is 4. The van der Waals surface area contributed by atoms with E-state index < -0.39 is 47.6 Å². The average molecular weight is 455 g/mol. The van der Waals surface area contributed by atoms with Crippen molar-refractivity contribution in [2.75, 3.05) is 20.8 Å². The first-order valence-electron chi connectivity index (χ1n) is 10.1. The van der Waals surface area contributed by atoms with E-state index in [4.69, 9.17) is 4.74 Å². The number of carbonyl (C=O) groups is 4. The van der Waals surface area contributed by atoms with Gasteiger partial charge in [-0.25, -0.2) is 8.78 Å². The molecule has 11 heteroatoms. The van der Waals surface area contributed by atoms with Gasteiger partial charge >= 0.3 is 5.97 Å². The molecule has 0 saturated carbocycles. The normalized spacial score (nSPS) is 17.6. The van der Waals surface area contributed by atoms with Crippen molar-refractivity contribution in [3.05, 3.63) is 35.4 Å². The van der Waals surface area contributed by atoms with Crippen molar-refractivity contribution in [3.63, 3.8) is 0 Å². The molecule has 0 aliphatic carbocycles. The van der Waals surface area contributed by atoms with Gasteiger partial charge in [-0.1, -0.05) is 12.1 Å². The second-order valence-electron chi connectivity index (χ2n) is 7.41. The summed E-state index contributed by atoms with van der Waals surface area (Å²) in [6.45, 7) is 1.03. The van der Waals surface area contributed by atoms with E-state index >= 15 is 0 Å². The highest BCUT2D eigenvalue weighted by molar-refractivity contribution is 5.90. The molecule has 1 saturated heterocycles. The van der Waals surface area contributed by atoms with E-state index in [2.05, 4.69) is 15.4 Å². The summed E-state index contributed by atoms with van der Waals surface area (Å²) in [5.74, 6) is -4.15. The SMILES string of the molecule is COC(=O)CNC(=O)[C@@H](NC(=O)C[C@@H]1CCC(=O)N1Cc1cccc(F)c1F)[C@@H](C)OC. The highest BCUT2D eigenvalue weighted by Crippen LogP contribution is 2.25. The summed E-state index contributed by atoms with van der Waals surface area (Å²) >= 11 is 0. The molecule has 1 fully saturated rings. The van der Waals surface area contributed by atoms with Crippen molar-refractivity contribution in [3.8, 4) is 0 Å². The van der Waals surface area contributed by atoms with E-state index in [0.717, 1.165) is 6.07 Å². The Morgan fingerprint density at radius 1 is 1.25 bits per heavy atom. The van der Waals surface area contributed by atoms with Crippen LogP contribution in [0.4, 0.5) is 8.78 Å². The summed E-state index contributed by atoms with van der Waals surface area (Å²) in [7, 11) is 2.54. The van der Waals surface area contributed by atoms with Crippen LogP contribution in [0.2, 0.25) is 0 Å². The number of rotatable bonds is 10. The molecule has 0 unspecified atom stereocenters. The minimum absolute atomic E-state index is 0.0127. The third-order valence-corrected chi connectivity index (χ3v) is 5.32. The van der Waals surface area contributed by atoms with Gasteiger partial charge in [0.1, 0.15) is 12.6 Å². The smallest absolute Gasteiger partial charge is 0.325 e. The number of likely N-dealkylation sites (tertiary alicyclic amines) is 1. The molecule has 0 spiro atoms. The van der Waals surface area contributed by atoms with Crippen LogP contribution in [0.25, 0.3) is 0 Å². The summed E-state index contributed by atoms with van der Waals surface area (Å²) in [5.41, 5.74) is 0.0127. The Balaban J connectivity index is 2.04. The fourth-order valence-corrected chi connectivity index (χ4v) is 3.40. The molecule has 0 radical (unpaired) electrons. The number of amides is 3. The van der Waals surface area contributed by atoms with Crippen LogP contribution in [0.3, 0.4) is 0 Å². The quantitative estimate of drug-likeness (QED) is 0.501. The summed E-state index contributed by atoms with van der Waals surface area (Å²) in [6.07, 6.45) is -0.312. The maximum atomic E-state index is 14.0. The Labute approximate surface area is 184 Å². The largest absolute Gasteiger partial charge is 0.468 e. The molecular formula is C21H27F2N3O6. The minimum Gasteiger partial charge on any atom is -0.468 e. The van der Waals surface area contributed by atoms with Gasteiger partial charge in [0.2, 0.25) is 17.7 Å². The maximum absolute atomic E-state index is 14.0. The lowest BCUT2D eigenvalue weighted by Gasteiger charge is -2.27. The fourth-order valence-electron chi connectivity index (χ4n) is 3.40. The zero-order valence-corrected chi connectivity index (χ0v) is 18.2. The minimum atomic E-state index is -1.09. The van der Waals surface area contributed by atoms with Crippen molar-refractivity contribution in [1.82, 2.24) is 15.5 Å². The number of nitrogens with zero attached hydrogens (tertiary/aromatic N) is 1. The van der Waals surface area contributed by atoms with Crippen LogP contribution in [0, 0.1) is 11.6 Å². The lowest BCUT2D eigenvalue weighted by atomic mass is 10.1. The first-order valence-corrected chi connectivity index (χ1v) is 10.1. The number of hydrogen-bond acceptors (Lipinski definition) is 6. The summed E-state index contributed by atoms with van der Waals surface area (Å²) in [5, 5.41) is 4.91. The first-order chi connectivity index (χ1) is 15.2. The number of esters is 1. The first kappa shape index (κ1) is 25.2. The van der Waals surface area contributed by atoms with E-state index in [1.807, 2.05) is 0 Å². The molecule has 9 nitrogen and oxygen atoms in total. The molecule has 0 bridgehead atoms. The van der Waals surface area contributed by atoms with Crippen molar-refractivity contribution < 1.29 is 37.4 Å². The summed E-state index contributed by atoms with van der Waals surface area (Å²) in [4.78, 5) is 49.9. The predicted octanol–water partition coefficient (Wildman–Crippen LogP) is 0.655. The topological polar surface area (TPSA) is 114 Å². The number of hydrogen-bond donors (Lipinski definition) is 2. The van der Waals surface area contributed by atoms with Crippen LogP contribution in [0.5, 0.6) is 0 Å². The average Bonchev–Trinajstić information content (AvgIpc) is 3.11. The fraction of sp³-hybridized carbons (Fsp3) is 0.524. The Morgan fingerprint density at radius 3 is 2.62 bits per heavy atom. The van der Waals surface area contributed by atoms with Crippen LogP contribution < -0.4 is 10.6 Å². The van der Waals surface area contributed by atoms with Crippen molar-refractivity contribution in [2.24, 2.45) is 0 Å². The second-order valence-corrected chi connectivity index (χ2v) is 7.41. The number of nitrogens with one attached hydrogen (secondary N) is 2. The molecule has 3 amide bonds. The van der Waals surface area contributed by atoms with Crippen LogP contribution in [-0.4, -0.2) is 67.5 Å². The molecule has 1 aromatic carbocycles. The maximum Gasteiger partial charge on any atom is 0.325 e. The van der Waals surface area contributed by atoms with Gasteiger partial charge < -0.3 is 25.0 Å². The third-order valence-electron chi connectivity index (χ3n) is 5.32. The van der Waals surface area contributed by atoms with Gasteiger partial charge in [0.05, 0.1) is 13.2 Å². The lowest BCUT2D eigenvalue weighted by Crippen LogP contribution is -2.54. The highest BCUT2D eigenvalue weighted by Gasteiger charge is 2.35. The molecule has 32 heavy (non-hydrogen) atoms. The number of ether oxygens (including phenoxy) is 2. The van der Waals surface area contributed by atoms with Crippen LogP contribution in [-0.2, 0) is 35.2 Å². The zero-order chi connectivity index (χ0) is 23.8. The van der Waals surface area contributed by atoms with Gasteiger partial charge in [-0.2, -0.15) is 0 Å². The monoisotopic (exact) mass is 455 g/mol. The molecular weight excluding hydrogens is 428 g/mol. The van der Waals surface area contributed by atoms with E-state index in [9.17, 15) is 28.0 Å². The van der Waals surface area contributed by atoms with E-state index in [1.54, 1.807) is 6.92 Å². The Bertz CT molecular complexity index is 866. The Hall–Kier alpha value is -3.08. The highest BCUT2D eigenvalue weighted by atomic mass is 19.2. The number of halogens is 2. The van der Waals surface area contributed by atoms with Crippen LogP contribution in [0.1, 0.15) is 31.7 Å². The molecule has 1 heterocycles. The van der Waals surface area contributed by atoms with E-state index in [-0.39, 0.29) is 37.4 Å².